The molecule has 0 spiro atoms. The number of aromatic nitrogens is 2. The van der Waals surface area contributed by atoms with Gasteiger partial charge in [-0.05, 0) is 37.2 Å². The third kappa shape index (κ3) is 2.96. The monoisotopic (exact) mass is 281 g/mol. The van der Waals surface area contributed by atoms with Gasteiger partial charge in [-0.15, -0.1) is 0 Å². The van der Waals surface area contributed by atoms with E-state index in [-0.39, 0.29) is 11.1 Å². The lowest BCUT2D eigenvalue weighted by molar-refractivity contribution is 0.532. The zero-order valence-electron chi connectivity index (χ0n) is 11.0. The Labute approximate surface area is 117 Å². The lowest BCUT2D eigenvalue weighted by atomic mass is 10.0. The fourth-order valence-corrected chi connectivity index (χ4v) is 2.28. The van der Waals surface area contributed by atoms with Crippen LogP contribution in [-0.4, -0.2) is 16.8 Å². The van der Waals surface area contributed by atoms with Crippen molar-refractivity contribution in [2.45, 2.75) is 25.9 Å². The van der Waals surface area contributed by atoms with Crippen LogP contribution in [0.1, 0.15) is 30.6 Å². The number of hydrogen-bond acceptors (Lipinski definition) is 2. The molecule has 0 aliphatic heterocycles. The minimum absolute atomic E-state index is 0.0965. The number of aryl methyl sites for hydroxylation is 1. The molecular formula is C14H17ClFN3. The van der Waals surface area contributed by atoms with Gasteiger partial charge in [0.15, 0.2) is 0 Å². The molecule has 0 fully saturated rings. The van der Waals surface area contributed by atoms with Crippen molar-refractivity contribution < 1.29 is 4.39 Å². The quantitative estimate of drug-likeness (QED) is 0.910. The Morgan fingerprint density at radius 3 is 2.84 bits per heavy atom. The van der Waals surface area contributed by atoms with Crippen LogP contribution in [0.2, 0.25) is 5.02 Å². The van der Waals surface area contributed by atoms with Gasteiger partial charge in [0.1, 0.15) is 5.82 Å². The summed E-state index contributed by atoms with van der Waals surface area (Å²) in [4.78, 5) is 0. The van der Waals surface area contributed by atoms with Crippen LogP contribution in [0.4, 0.5) is 4.39 Å². The largest absolute Gasteiger partial charge is 0.308 e. The number of halogens is 2. The van der Waals surface area contributed by atoms with Gasteiger partial charge in [-0.3, -0.25) is 4.68 Å². The molecule has 0 aliphatic rings. The van der Waals surface area contributed by atoms with Crippen LogP contribution in [0, 0.1) is 5.82 Å². The summed E-state index contributed by atoms with van der Waals surface area (Å²) >= 11 is 5.72. The van der Waals surface area contributed by atoms with E-state index in [1.807, 2.05) is 23.9 Å². The average molecular weight is 282 g/mol. The predicted molar refractivity (Wildman–Crippen MR) is 74.8 cm³/mol. The molecule has 2 rings (SSSR count). The summed E-state index contributed by atoms with van der Waals surface area (Å²) in [5, 5.41) is 7.63. The molecule has 1 aromatic carbocycles. The summed E-state index contributed by atoms with van der Waals surface area (Å²) in [6.45, 7) is 2.94. The van der Waals surface area contributed by atoms with Crippen molar-refractivity contribution in [2.24, 2.45) is 0 Å². The summed E-state index contributed by atoms with van der Waals surface area (Å²) in [7, 11) is 1.85. The molecule has 0 bridgehead atoms. The van der Waals surface area contributed by atoms with Crippen molar-refractivity contribution in [3.05, 3.63) is 52.6 Å². The third-order valence-corrected chi connectivity index (χ3v) is 3.35. The van der Waals surface area contributed by atoms with E-state index in [0.29, 0.717) is 0 Å². The molecule has 102 valence electrons. The van der Waals surface area contributed by atoms with E-state index in [9.17, 15) is 4.39 Å². The smallest absolute Gasteiger partial charge is 0.142 e. The van der Waals surface area contributed by atoms with E-state index in [1.54, 1.807) is 12.3 Å². The lowest BCUT2D eigenvalue weighted by Gasteiger charge is -2.18. The molecule has 1 atom stereocenters. The number of hydrogen-bond donors (Lipinski definition) is 1. The van der Waals surface area contributed by atoms with Gasteiger partial charge in [-0.25, -0.2) is 4.39 Å². The van der Waals surface area contributed by atoms with E-state index in [1.165, 1.54) is 6.07 Å². The van der Waals surface area contributed by atoms with E-state index in [4.69, 9.17) is 11.6 Å². The van der Waals surface area contributed by atoms with Gasteiger partial charge < -0.3 is 5.32 Å². The van der Waals surface area contributed by atoms with E-state index in [2.05, 4.69) is 17.3 Å². The molecule has 0 saturated heterocycles. The Bertz CT molecular complexity index is 553. The van der Waals surface area contributed by atoms with Crippen LogP contribution in [-0.2, 0) is 6.54 Å². The Hall–Kier alpha value is -1.39. The maximum Gasteiger partial charge on any atom is 0.142 e. The van der Waals surface area contributed by atoms with Gasteiger partial charge in [0, 0.05) is 12.7 Å². The fraction of sp³-hybridized carbons (Fsp3) is 0.357. The highest BCUT2D eigenvalue weighted by Gasteiger charge is 2.17. The first-order valence-corrected chi connectivity index (χ1v) is 6.69. The molecule has 1 aromatic heterocycles. The number of rotatable bonds is 5. The molecule has 3 nitrogen and oxygen atoms in total. The zero-order chi connectivity index (χ0) is 13.8. The van der Waals surface area contributed by atoms with Gasteiger partial charge in [0.25, 0.3) is 0 Å². The SMILES string of the molecule is CCCn1nccc1C(NC)c1ccc(Cl)c(F)c1. The van der Waals surface area contributed by atoms with Crippen LogP contribution in [0.15, 0.2) is 30.5 Å². The van der Waals surface area contributed by atoms with Crippen LogP contribution in [0.5, 0.6) is 0 Å². The van der Waals surface area contributed by atoms with Crippen LogP contribution in [0.3, 0.4) is 0 Å². The van der Waals surface area contributed by atoms with Crippen molar-refractivity contribution in [3.8, 4) is 0 Å². The topological polar surface area (TPSA) is 29.9 Å². The maximum absolute atomic E-state index is 13.6. The maximum atomic E-state index is 13.6. The molecule has 5 heteroatoms. The van der Waals surface area contributed by atoms with Crippen molar-refractivity contribution in [3.63, 3.8) is 0 Å². The second-order valence-electron chi connectivity index (χ2n) is 4.37. The van der Waals surface area contributed by atoms with Crippen LogP contribution in [0.25, 0.3) is 0 Å². The molecule has 1 heterocycles. The van der Waals surface area contributed by atoms with Crippen LogP contribution >= 0.6 is 11.6 Å². The second kappa shape index (κ2) is 6.17. The summed E-state index contributed by atoms with van der Waals surface area (Å²) in [6.07, 6.45) is 2.77. The molecule has 0 aliphatic carbocycles. The average Bonchev–Trinajstić information content (AvgIpc) is 2.83. The first-order chi connectivity index (χ1) is 9.17. The van der Waals surface area contributed by atoms with E-state index < -0.39 is 5.82 Å². The first-order valence-electron chi connectivity index (χ1n) is 6.31. The highest BCUT2D eigenvalue weighted by atomic mass is 35.5. The summed E-state index contributed by atoms with van der Waals surface area (Å²) < 4.78 is 15.5. The van der Waals surface area contributed by atoms with E-state index in [0.717, 1.165) is 24.2 Å². The Morgan fingerprint density at radius 2 is 2.21 bits per heavy atom. The molecule has 1 N–H and O–H groups in total. The van der Waals surface area contributed by atoms with Gasteiger partial charge in [-0.2, -0.15) is 5.10 Å². The number of nitrogens with one attached hydrogen (secondary N) is 1. The molecule has 0 amide bonds. The molecule has 19 heavy (non-hydrogen) atoms. The molecular weight excluding hydrogens is 265 g/mol. The second-order valence-corrected chi connectivity index (χ2v) is 4.78. The Balaban J connectivity index is 2.38. The normalized spacial score (nSPS) is 12.6. The van der Waals surface area contributed by atoms with Gasteiger partial charge in [-0.1, -0.05) is 24.6 Å². The summed E-state index contributed by atoms with van der Waals surface area (Å²) in [6, 6.07) is 6.73. The molecule has 0 radical (unpaired) electrons. The minimum atomic E-state index is -0.402. The first kappa shape index (κ1) is 14.0. The highest BCUT2D eigenvalue weighted by molar-refractivity contribution is 6.30. The van der Waals surface area contributed by atoms with Gasteiger partial charge in [0.05, 0.1) is 16.8 Å². The van der Waals surface area contributed by atoms with E-state index >= 15 is 0 Å². The fourth-order valence-electron chi connectivity index (χ4n) is 2.16. The summed E-state index contributed by atoms with van der Waals surface area (Å²) in [5.74, 6) is -0.402. The number of nitrogens with zero attached hydrogens (tertiary/aromatic N) is 2. The lowest BCUT2D eigenvalue weighted by Crippen LogP contribution is -2.21. The minimum Gasteiger partial charge on any atom is -0.308 e. The molecule has 1 unspecified atom stereocenters. The highest BCUT2D eigenvalue weighted by Crippen LogP contribution is 2.25. The predicted octanol–water partition coefficient (Wildman–Crippen LogP) is 3.39. The van der Waals surface area contributed by atoms with Crippen molar-refractivity contribution >= 4 is 11.6 Å². The van der Waals surface area contributed by atoms with Crippen molar-refractivity contribution in [2.75, 3.05) is 7.05 Å². The Morgan fingerprint density at radius 1 is 1.42 bits per heavy atom. The zero-order valence-corrected chi connectivity index (χ0v) is 11.8. The number of benzene rings is 1. The molecule has 0 saturated carbocycles. The Kier molecular flexibility index (Phi) is 4.56. The van der Waals surface area contributed by atoms with Crippen molar-refractivity contribution in [1.82, 2.24) is 15.1 Å². The third-order valence-electron chi connectivity index (χ3n) is 3.05. The summed E-state index contributed by atoms with van der Waals surface area (Å²) in [5.41, 5.74) is 1.85. The standard InChI is InChI=1S/C14H17ClFN3/c1-3-8-19-13(6-7-18-19)14(17-2)10-4-5-11(15)12(16)9-10/h4-7,9,14,17H,3,8H2,1-2H3. The molecule has 2 aromatic rings. The van der Waals surface area contributed by atoms with Gasteiger partial charge in [0.2, 0.25) is 0 Å². The van der Waals surface area contributed by atoms with Crippen LogP contribution < -0.4 is 5.32 Å². The van der Waals surface area contributed by atoms with Gasteiger partial charge >= 0.3 is 0 Å². The van der Waals surface area contributed by atoms with Crippen molar-refractivity contribution in [1.29, 1.82) is 0 Å².